The molecule has 4 heteroatoms. The molecular formula is C15H28N4. The molecule has 1 fully saturated rings. The molecule has 1 rings (SSSR count). The largest absolute Gasteiger partial charge is 0.357 e. The summed E-state index contributed by atoms with van der Waals surface area (Å²) in [5.41, 5.74) is 0. The predicted molar refractivity (Wildman–Crippen MR) is 82.2 cm³/mol. The molecule has 0 amide bonds. The molecule has 0 radical (unpaired) electrons. The van der Waals surface area contributed by atoms with Crippen LogP contribution in [-0.4, -0.2) is 49.6 Å². The first-order valence-electron chi connectivity index (χ1n) is 7.38. The van der Waals surface area contributed by atoms with Crippen molar-refractivity contribution < 1.29 is 0 Å². The highest BCUT2D eigenvalue weighted by atomic mass is 15.2. The molecule has 0 aromatic heterocycles. The quantitative estimate of drug-likeness (QED) is 0.431. The molecule has 2 N–H and O–H groups in total. The number of hydrogen-bond donors (Lipinski definition) is 2. The Kier molecular flexibility index (Phi) is 7.35. The normalized spacial score (nSPS) is 18.4. The van der Waals surface area contributed by atoms with Gasteiger partial charge >= 0.3 is 0 Å². The van der Waals surface area contributed by atoms with Crippen LogP contribution in [0.5, 0.6) is 0 Å². The summed E-state index contributed by atoms with van der Waals surface area (Å²) in [6.45, 7) is 11.2. The maximum absolute atomic E-state index is 5.27. The van der Waals surface area contributed by atoms with Gasteiger partial charge in [-0.2, -0.15) is 0 Å². The van der Waals surface area contributed by atoms with E-state index < -0.39 is 0 Å². The summed E-state index contributed by atoms with van der Waals surface area (Å²) >= 11 is 0. The van der Waals surface area contributed by atoms with Gasteiger partial charge in [-0.25, -0.2) is 0 Å². The molecule has 0 saturated carbocycles. The van der Waals surface area contributed by atoms with E-state index in [0.29, 0.717) is 18.5 Å². The van der Waals surface area contributed by atoms with E-state index in [-0.39, 0.29) is 0 Å². The lowest BCUT2D eigenvalue weighted by atomic mass is 10.0. The number of aliphatic imine (C=N–C) groups is 1. The van der Waals surface area contributed by atoms with Gasteiger partial charge in [0.1, 0.15) is 0 Å². The molecule has 1 unspecified atom stereocenters. The highest BCUT2D eigenvalue weighted by molar-refractivity contribution is 5.80. The molecule has 1 heterocycles. The number of terminal acetylenes is 1. The second kappa shape index (κ2) is 8.82. The van der Waals surface area contributed by atoms with E-state index in [9.17, 15) is 0 Å². The van der Waals surface area contributed by atoms with Crippen LogP contribution in [0.4, 0.5) is 0 Å². The lowest BCUT2D eigenvalue weighted by Crippen LogP contribution is -2.42. The van der Waals surface area contributed by atoms with Gasteiger partial charge in [0.2, 0.25) is 0 Å². The third-order valence-electron chi connectivity index (χ3n) is 3.52. The molecular weight excluding hydrogens is 236 g/mol. The second-order valence-electron chi connectivity index (χ2n) is 5.33. The zero-order valence-corrected chi connectivity index (χ0v) is 12.6. The standard InChI is InChI=1S/C15H28N4/c1-5-9-17-15(16-6-2)18-12-14(13(3)4)19-10-7-8-11-19/h1,13-14H,6-12H2,2-4H3,(H2,16,17,18). The van der Waals surface area contributed by atoms with Gasteiger partial charge in [-0.05, 0) is 38.8 Å². The lowest BCUT2D eigenvalue weighted by molar-refractivity contribution is 0.197. The van der Waals surface area contributed by atoms with Crippen molar-refractivity contribution in [2.75, 3.05) is 32.7 Å². The van der Waals surface area contributed by atoms with Crippen molar-refractivity contribution in [3.63, 3.8) is 0 Å². The van der Waals surface area contributed by atoms with E-state index in [1.165, 1.54) is 25.9 Å². The average molecular weight is 264 g/mol. The van der Waals surface area contributed by atoms with Crippen LogP contribution in [0.2, 0.25) is 0 Å². The molecule has 108 valence electrons. The lowest BCUT2D eigenvalue weighted by Gasteiger charge is -2.29. The molecule has 0 spiro atoms. The molecule has 0 aromatic rings. The van der Waals surface area contributed by atoms with Crippen molar-refractivity contribution in [3.8, 4) is 12.3 Å². The summed E-state index contributed by atoms with van der Waals surface area (Å²) in [6.07, 6.45) is 7.92. The molecule has 0 aliphatic carbocycles. The second-order valence-corrected chi connectivity index (χ2v) is 5.33. The van der Waals surface area contributed by atoms with Crippen LogP contribution < -0.4 is 10.6 Å². The summed E-state index contributed by atoms with van der Waals surface area (Å²) in [6, 6.07) is 0.531. The van der Waals surface area contributed by atoms with Crippen molar-refractivity contribution in [2.45, 2.75) is 39.7 Å². The zero-order valence-electron chi connectivity index (χ0n) is 12.6. The highest BCUT2D eigenvalue weighted by Crippen LogP contribution is 2.17. The van der Waals surface area contributed by atoms with E-state index in [1.807, 2.05) is 0 Å². The van der Waals surface area contributed by atoms with Gasteiger partial charge < -0.3 is 10.6 Å². The van der Waals surface area contributed by atoms with Crippen LogP contribution in [0.3, 0.4) is 0 Å². The Bertz CT molecular complexity index is 311. The molecule has 0 aromatic carbocycles. The van der Waals surface area contributed by atoms with Crippen LogP contribution in [-0.2, 0) is 0 Å². The fraction of sp³-hybridized carbons (Fsp3) is 0.800. The minimum Gasteiger partial charge on any atom is -0.357 e. The fourth-order valence-corrected chi connectivity index (χ4v) is 2.48. The van der Waals surface area contributed by atoms with Crippen molar-refractivity contribution in [1.29, 1.82) is 0 Å². The Balaban J connectivity index is 2.57. The Labute approximate surface area is 118 Å². The first-order valence-corrected chi connectivity index (χ1v) is 7.38. The topological polar surface area (TPSA) is 39.7 Å². The van der Waals surface area contributed by atoms with Crippen LogP contribution >= 0.6 is 0 Å². The summed E-state index contributed by atoms with van der Waals surface area (Å²) < 4.78 is 0. The third-order valence-corrected chi connectivity index (χ3v) is 3.52. The van der Waals surface area contributed by atoms with Gasteiger partial charge in [0.15, 0.2) is 5.96 Å². The van der Waals surface area contributed by atoms with Gasteiger partial charge in [0.05, 0.1) is 13.1 Å². The number of hydrogen-bond acceptors (Lipinski definition) is 2. The summed E-state index contributed by atoms with van der Waals surface area (Å²) in [4.78, 5) is 7.24. The Morgan fingerprint density at radius 3 is 2.53 bits per heavy atom. The number of nitrogens with zero attached hydrogens (tertiary/aromatic N) is 2. The smallest absolute Gasteiger partial charge is 0.192 e. The molecule has 1 aliphatic heterocycles. The van der Waals surface area contributed by atoms with Crippen LogP contribution in [0, 0.1) is 18.3 Å². The molecule has 4 nitrogen and oxygen atoms in total. The fourth-order valence-electron chi connectivity index (χ4n) is 2.48. The minimum atomic E-state index is 0.516. The molecule has 1 aliphatic rings. The van der Waals surface area contributed by atoms with E-state index in [1.54, 1.807) is 0 Å². The monoisotopic (exact) mass is 264 g/mol. The Morgan fingerprint density at radius 2 is 2.00 bits per heavy atom. The molecule has 1 saturated heterocycles. The van der Waals surface area contributed by atoms with Crippen LogP contribution in [0.25, 0.3) is 0 Å². The first-order chi connectivity index (χ1) is 9.19. The van der Waals surface area contributed by atoms with Crippen molar-refractivity contribution in [2.24, 2.45) is 10.9 Å². The third kappa shape index (κ3) is 5.52. The van der Waals surface area contributed by atoms with Crippen molar-refractivity contribution >= 4 is 5.96 Å². The Morgan fingerprint density at radius 1 is 1.32 bits per heavy atom. The van der Waals surface area contributed by atoms with Gasteiger partial charge in [-0.15, -0.1) is 6.42 Å². The van der Waals surface area contributed by atoms with Crippen molar-refractivity contribution in [3.05, 3.63) is 0 Å². The van der Waals surface area contributed by atoms with Gasteiger partial charge in [0, 0.05) is 12.6 Å². The molecule has 19 heavy (non-hydrogen) atoms. The summed E-state index contributed by atoms with van der Waals surface area (Å²) in [7, 11) is 0. The predicted octanol–water partition coefficient (Wildman–Crippen LogP) is 1.30. The SMILES string of the molecule is C#CCNC(=NCC(C(C)C)N1CCCC1)NCC. The van der Waals surface area contributed by atoms with Crippen molar-refractivity contribution in [1.82, 2.24) is 15.5 Å². The van der Waals surface area contributed by atoms with Crippen LogP contribution in [0.1, 0.15) is 33.6 Å². The summed E-state index contributed by atoms with van der Waals surface area (Å²) in [5, 5.41) is 6.37. The zero-order chi connectivity index (χ0) is 14.1. The van der Waals surface area contributed by atoms with E-state index in [0.717, 1.165) is 19.0 Å². The maximum Gasteiger partial charge on any atom is 0.192 e. The Hall–Kier alpha value is -1.21. The van der Waals surface area contributed by atoms with E-state index >= 15 is 0 Å². The number of rotatable bonds is 6. The average Bonchev–Trinajstić information content (AvgIpc) is 2.89. The number of likely N-dealkylation sites (tertiary alicyclic amines) is 1. The van der Waals surface area contributed by atoms with E-state index in [4.69, 9.17) is 6.42 Å². The van der Waals surface area contributed by atoms with E-state index in [2.05, 4.69) is 47.2 Å². The number of guanidine groups is 1. The van der Waals surface area contributed by atoms with Gasteiger partial charge in [-0.1, -0.05) is 19.8 Å². The maximum atomic E-state index is 5.27. The van der Waals surface area contributed by atoms with Gasteiger partial charge in [0.25, 0.3) is 0 Å². The number of nitrogens with one attached hydrogen (secondary N) is 2. The first kappa shape index (κ1) is 15.8. The highest BCUT2D eigenvalue weighted by Gasteiger charge is 2.24. The molecule has 0 bridgehead atoms. The summed E-state index contributed by atoms with van der Waals surface area (Å²) in [5.74, 6) is 4.03. The minimum absolute atomic E-state index is 0.516. The molecule has 1 atom stereocenters. The van der Waals surface area contributed by atoms with Crippen LogP contribution in [0.15, 0.2) is 4.99 Å². The van der Waals surface area contributed by atoms with Gasteiger partial charge in [-0.3, -0.25) is 9.89 Å².